The maximum atomic E-state index is 12.6. The van der Waals surface area contributed by atoms with E-state index in [0.29, 0.717) is 13.0 Å². The number of nitrogens with two attached hydrogens (primary N) is 1. The van der Waals surface area contributed by atoms with Gasteiger partial charge in [0, 0.05) is 18.3 Å². The van der Waals surface area contributed by atoms with Crippen molar-refractivity contribution in [3.63, 3.8) is 0 Å². The molecule has 0 spiro atoms. The second-order valence-electron chi connectivity index (χ2n) is 6.40. The van der Waals surface area contributed by atoms with E-state index in [2.05, 4.69) is 5.32 Å². The Morgan fingerprint density at radius 1 is 1.12 bits per heavy atom. The summed E-state index contributed by atoms with van der Waals surface area (Å²) < 4.78 is 0. The van der Waals surface area contributed by atoms with Crippen molar-refractivity contribution in [3.05, 3.63) is 66.2 Å². The van der Waals surface area contributed by atoms with E-state index in [4.69, 9.17) is 5.73 Å². The van der Waals surface area contributed by atoms with Crippen molar-refractivity contribution in [3.8, 4) is 0 Å². The van der Waals surface area contributed by atoms with Crippen LogP contribution in [-0.4, -0.2) is 24.4 Å². The molecule has 0 aliphatic carbocycles. The number of nitrogens with zero attached hydrogens (tertiary/aromatic N) is 1. The van der Waals surface area contributed by atoms with E-state index in [1.165, 1.54) is 0 Å². The molecule has 1 aliphatic heterocycles. The van der Waals surface area contributed by atoms with Crippen LogP contribution in [0.5, 0.6) is 0 Å². The van der Waals surface area contributed by atoms with E-state index >= 15 is 0 Å². The minimum Gasteiger partial charge on any atom is -0.344 e. The molecule has 1 saturated heterocycles. The molecule has 3 rings (SSSR count). The number of anilines is 1. The SMILES string of the molecule is CC(C(=O)NC1CCN(c2ccccc2)C1=O)C(N)c1ccccc1. The smallest absolute Gasteiger partial charge is 0.249 e. The Morgan fingerprint density at radius 3 is 2.36 bits per heavy atom. The molecular formula is C20H23N3O2. The summed E-state index contributed by atoms with van der Waals surface area (Å²) >= 11 is 0. The highest BCUT2D eigenvalue weighted by molar-refractivity contribution is 6.01. The number of hydrogen-bond acceptors (Lipinski definition) is 3. The number of rotatable bonds is 5. The molecule has 0 bridgehead atoms. The number of carbonyl (C=O) groups is 2. The molecule has 2 amide bonds. The van der Waals surface area contributed by atoms with Crippen molar-refractivity contribution < 1.29 is 9.59 Å². The first-order valence-corrected chi connectivity index (χ1v) is 8.55. The van der Waals surface area contributed by atoms with Crippen LogP contribution in [0.15, 0.2) is 60.7 Å². The fraction of sp³-hybridized carbons (Fsp3) is 0.300. The number of nitrogens with one attached hydrogen (secondary N) is 1. The monoisotopic (exact) mass is 337 g/mol. The van der Waals surface area contributed by atoms with Crippen LogP contribution in [0.4, 0.5) is 5.69 Å². The number of hydrogen-bond donors (Lipinski definition) is 2. The molecule has 3 atom stereocenters. The zero-order valence-electron chi connectivity index (χ0n) is 14.3. The molecule has 25 heavy (non-hydrogen) atoms. The summed E-state index contributed by atoms with van der Waals surface area (Å²) in [6.45, 7) is 2.40. The van der Waals surface area contributed by atoms with Crippen LogP contribution in [0.2, 0.25) is 0 Å². The third-order valence-electron chi connectivity index (χ3n) is 4.73. The lowest BCUT2D eigenvalue weighted by atomic mass is 9.94. The van der Waals surface area contributed by atoms with Gasteiger partial charge in [0.25, 0.3) is 0 Å². The molecule has 2 aromatic rings. The van der Waals surface area contributed by atoms with Crippen molar-refractivity contribution >= 4 is 17.5 Å². The minimum absolute atomic E-state index is 0.0694. The summed E-state index contributed by atoms with van der Waals surface area (Å²) in [6.07, 6.45) is 0.604. The third-order valence-corrected chi connectivity index (χ3v) is 4.73. The fourth-order valence-corrected chi connectivity index (χ4v) is 3.11. The normalized spacial score (nSPS) is 19.5. The maximum absolute atomic E-state index is 12.6. The van der Waals surface area contributed by atoms with Crippen LogP contribution < -0.4 is 16.0 Å². The van der Waals surface area contributed by atoms with Crippen molar-refractivity contribution in [2.75, 3.05) is 11.4 Å². The van der Waals surface area contributed by atoms with Crippen LogP contribution in [0.3, 0.4) is 0 Å². The van der Waals surface area contributed by atoms with Gasteiger partial charge in [-0.15, -0.1) is 0 Å². The standard InChI is InChI=1S/C20H23N3O2/c1-14(18(21)15-8-4-2-5-9-15)19(24)22-17-12-13-23(20(17)25)16-10-6-3-7-11-16/h2-11,14,17-18H,12-13,21H2,1H3,(H,22,24). The summed E-state index contributed by atoms with van der Waals surface area (Å²) in [6, 6.07) is 18.2. The van der Waals surface area contributed by atoms with Gasteiger partial charge in [0.15, 0.2) is 0 Å². The molecule has 1 fully saturated rings. The van der Waals surface area contributed by atoms with Crippen molar-refractivity contribution in [1.29, 1.82) is 0 Å². The molecule has 1 heterocycles. The van der Waals surface area contributed by atoms with Crippen LogP contribution in [-0.2, 0) is 9.59 Å². The molecule has 0 aromatic heterocycles. The molecule has 130 valence electrons. The Balaban J connectivity index is 1.62. The van der Waals surface area contributed by atoms with Gasteiger partial charge in [-0.25, -0.2) is 0 Å². The Morgan fingerprint density at radius 2 is 1.72 bits per heavy atom. The van der Waals surface area contributed by atoms with Crippen LogP contribution in [0, 0.1) is 5.92 Å². The minimum atomic E-state index is -0.488. The zero-order valence-corrected chi connectivity index (χ0v) is 14.3. The number of para-hydroxylation sites is 1. The summed E-state index contributed by atoms with van der Waals surface area (Å²) in [5, 5.41) is 2.87. The van der Waals surface area contributed by atoms with Crippen molar-refractivity contribution in [1.82, 2.24) is 5.32 Å². The van der Waals surface area contributed by atoms with Crippen LogP contribution in [0.25, 0.3) is 0 Å². The average Bonchev–Trinajstić information content (AvgIpc) is 3.02. The van der Waals surface area contributed by atoms with Crippen molar-refractivity contribution in [2.45, 2.75) is 25.4 Å². The van der Waals surface area contributed by atoms with Gasteiger partial charge in [0.1, 0.15) is 6.04 Å². The van der Waals surface area contributed by atoms with E-state index in [1.807, 2.05) is 60.7 Å². The maximum Gasteiger partial charge on any atom is 0.249 e. The average molecular weight is 337 g/mol. The highest BCUT2D eigenvalue weighted by Crippen LogP contribution is 2.23. The zero-order chi connectivity index (χ0) is 17.8. The van der Waals surface area contributed by atoms with Crippen LogP contribution >= 0.6 is 0 Å². The Labute approximate surface area is 147 Å². The van der Waals surface area contributed by atoms with E-state index in [0.717, 1.165) is 11.3 Å². The molecule has 3 unspecified atom stereocenters. The molecule has 5 heteroatoms. The fourth-order valence-electron chi connectivity index (χ4n) is 3.11. The van der Waals surface area contributed by atoms with Gasteiger partial charge in [-0.05, 0) is 24.1 Å². The highest BCUT2D eigenvalue weighted by Gasteiger charge is 2.35. The first-order valence-electron chi connectivity index (χ1n) is 8.55. The molecule has 1 aliphatic rings. The Bertz CT molecular complexity index is 733. The number of benzene rings is 2. The van der Waals surface area contributed by atoms with Gasteiger partial charge >= 0.3 is 0 Å². The van der Waals surface area contributed by atoms with E-state index in [-0.39, 0.29) is 11.8 Å². The first kappa shape index (κ1) is 17.2. The first-order chi connectivity index (χ1) is 12.1. The number of carbonyl (C=O) groups excluding carboxylic acids is 2. The molecule has 2 aromatic carbocycles. The quantitative estimate of drug-likeness (QED) is 0.878. The summed E-state index contributed by atoms with van der Waals surface area (Å²) in [4.78, 5) is 26.8. The van der Waals surface area contributed by atoms with Crippen molar-refractivity contribution in [2.24, 2.45) is 11.7 Å². The Kier molecular flexibility index (Phi) is 5.14. The molecule has 3 N–H and O–H groups in total. The third kappa shape index (κ3) is 3.72. The van der Waals surface area contributed by atoms with Gasteiger partial charge in [-0.3, -0.25) is 9.59 Å². The van der Waals surface area contributed by atoms with Gasteiger partial charge in [-0.2, -0.15) is 0 Å². The lowest BCUT2D eigenvalue weighted by Gasteiger charge is -2.22. The molecule has 5 nitrogen and oxygen atoms in total. The van der Waals surface area contributed by atoms with Gasteiger partial charge in [-0.1, -0.05) is 55.5 Å². The lowest BCUT2D eigenvalue weighted by Crippen LogP contribution is -2.45. The summed E-state index contributed by atoms with van der Waals surface area (Å²) in [5.41, 5.74) is 7.98. The number of amides is 2. The van der Waals surface area contributed by atoms with Gasteiger partial charge in [0.2, 0.25) is 11.8 Å². The predicted molar refractivity (Wildman–Crippen MR) is 97.9 cm³/mol. The predicted octanol–water partition coefficient (Wildman–Crippen LogP) is 2.24. The second kappa shape index (κ2) is 7.49. The van der Waals surface area contributed by atoms with Gasteiger partial charge in [0.05, 0.1) is 5.92 Å². The van der Waals surface area contributed by atoms with Gasteiger partial charge < -0.3 is 16.0 Å². The highest BCUT2D eigenvalue weighted by atomic mass is 16.2. The molecular weight excluding hydrogens is 314 g/mol. The summed E-state index contributed by atoms with van der Waals surface area (Å²) in [5.74, 6) is -0.675. The molecule has 0 radical (unpaired) electrons. The van der Waals surface area contributed by atoms with E-state index < -0.39 is 18.0 Å². The van der Waals surface area contributed by atoms with Crippen LogP contribution in [0.1, 0.15) is 24.9 Å². The Hall–Kier alpha value is -2.66. The topological polar surface area (TPSA) is 75.4 Å². The summed E-state index contributed by atoms with van der Waals surface area (Å²) in [7, 11) is 0. The van der Waals surface area contributed by atoms with E-state index in [1.54, 1.807) is 11.8 Å². The molecule has 0 saturated carbocycles. The largest absolute Gasteiger partial charge is 0.344 e. The lowest BCUT2D eigenvalue weighted by molar-refractivity contribution is -0.129. The second-order valence-corrected chi connectivity index (χ2v) is 6.40. The van der Waals surface area contributed by atoms with E-state index in [9.17, 15) is 9.59 Å².